The summed E-state index contributed by atoms with van der Waals surface area (Å²) in [5.74, 6) is 0.606. The van der Waals surface area contributed by atoms with Gasteiger partial charge in [0, 0.05) is 64.8 Å². The van der Waals surface area contributed by atoms with Crippen molar-refractivity contribution in [3.05, 3.63) is 40.7 Å². The number of amides is 3. The summed E-state index contributed by atoms with van der Waals surface area (Å²) < 4.78 is 10.8. The maximum atomic E-state index is 13.3. The first kappa shape index (κ1) is 26.5. The van der Waals surface area contributed by atoms with E-state index < -0.39 is 12.1 Å². The molecule has 39 heavy (non-hydrogen) atoms. The van der Waals surface area contributed by atoms with Gasteiger partial charge in [-0.05, 0) is 37.3 Å². The zero-order valence-corrected chi connectivity index (χ0v) is 22.1. The highest BCUT2D eigenvalue weighted by Crippen LogP contribution is 2.30. The monoisotopic (exact) mass is 533 g/mol. The van der Waals surface area contributed by atoms with Gasteiger partial charge in [-0.1, -0.05) is 0 Å². The zero-order valence-electron chi connectivity index (χ0n) is 22.1. The number of aromatic nitrogens is 2. The topological polar surface area (TPSA) is 141 Å². The number of carbonyl (C=O) groups is 3. The highest BCUT2D eigenvalue weighted by molar-refractivity contribution is 6.02. The standard InChI is InChI=1S/C27H31N7O5/c1-32(26(36)23-6-4-8-39-23)13-18-9-17-5-3-7-34(25(17)30-21(18)16-35)27(37)31-24-10-22(19(11-28)12-29-24)33-14-20(15-33)38-2/h9-10,12,16,20,23H,3-8,13-15H2,1-2H3,(H,29,31,37). The van der Waals surface area contributed by atoms with Crippen molar-refractivity contribution in [3.8, 4) is 6.07 Å². The second-order valence-electron chi connectivity index (χ2n) is 9.98. The van der Waals surface area contributed by atoms with E-state index in [2.05, 4.69) is 21.4 Å². The van der Waals surface area contributed by atoms with Gasteiger partial charge in [-0.15, -0.1) is 0 Å². The first-order chi connectivity index (χ1) is 18.9. The predicted octanol–water partition coefficient (Wildman–Crippen LogP) is 2.12. The van der Waals surface area contributed by atoms with Crippen molar-refractivity contribution < 1.29 is 23.9 Å². The quantitative estimate of drug-likeness (QED) is 0.530. The third-order valence-electron chi connectivity index (χ3n) is 7.38. The van der Waals surface area contributed by atoms with Crippen LogP contribution in [-0.2, 0) is 27.2 Å². The van der Waals surface area contributed by atoms with E-state index in [4.69, 9.17) is 9.47 Å². The second-order valence-corrected chi connectivity index (χ2v) is 9.98. The van der Waals surface area contributed by atoms with Crippen LogP contribution in [0.1, 0.15) is 46.4 Å². The Labute approximate surface area is 226 Å². The number of urea groups is 1. The summed E-state index contributed by atoms with van der Waals surface area (Å²) in [6.07, 6.45) is 4.70. The van der Waals surface area contributed by atoms with Crippen LogP contribution >= 0.6 is 0 Å². The molecule has 3 aliphatic heterocycles. The maximum absolute atomic E-state index is 13.3. The molecule has 2 aromatic rings. The van der Waals surface area contributed by atoms with Crippen molar-refractivity contribution in [2.24, 2.45) is 0 Å². The molecule has 0 saturated carbocycles. The molecular weight excluding hydrogens is 502 g/mol. The Hall–Kier alpha value is -4.08. The van der Waals surface area contributed by atoms with Crippen molar-refractivity contribution in [1.82, 2.24) is 14.9 Å². The lowest BCUT2D eigenvalue weighted by atomic mass is 10.0. The van der Waals surface area contributed by atoms with Crippen LogP contribution in [0.25, 0.3) is 0 Å². The van der Waals surface area contributed by atoms with Crippen molar-refractivity contribution >= 4 is 35.5 Å². The van der Waals surface area contributed by atoms with Gasteiger partial charge >= 0.3 is 6.03 Å². The summed E-state index contributed by atoms with van der Waals surface area (Å²) >= 11 is 0. The fraction of sp³-hybridized carbons (Fsp3) is 0.481. The molecule has 2 saturated heterocycles. The van der Waals surface area contributed by atoms with Crippen LogP contribution in [0.4, 0.5) is 22.1 Å². The number of likely N-dealkylation sites (N-methyl/N-ethyl adjacent to an activating group) is 1. The number of rotatable bonds is 7. The zero-order chi connectivity index (χ0) is 27.5. The molecule has 0 radical (unpaired) electrons. The SMILES string of the molecule is COC1CN(c2cc(NC(=O)N3CCCc4cc(CN(C)C(=O)C5CCCO5)c(C=O)nc43)ncc2C#N)C1. The summed E-state index contributed by atoms with van der Waals surface area (Å²) in [6, 6.07) is 5.26. The minimum Gasteiger partial charge on any atom is -0.378 e. The molecule has 0 aromatic carbocycles. The van der Waals surface area contributed by atoms with E-state index in [1.165, 1.54) is 11.1 Å². The summed E-state index contributed by atoms with van der Waals surface area (Å²) in [7, 11) is 3.34. The van der Waals surface area contributed by atoms with Gasteiger partial charge in [0.05, 0.1) is 17.4 Å². The minimum atomic E-state index is -0.446. The van der Waals surface area contributed by atoms with Crippen LogP contribution in [0, 0.1) is 11.3 Å². The number of hydrogen-bond donors (Lipinski definition) is 1. The molecule has 0 aliphatic carbocycles. The van der Waals surface area contributed by atoms with Crippen LogP contribution in [-0.4, -0.2) is 85.7 Å². The lowest BCUT2D eigenvalue weighted by molar-refractivity contribution is -0.140. The van der Waals surface area contributed by atoms with Gasteiger partial charge in [-0.3, -0.25) is 19.8 Å². The van der Waals surface area contributed by atoms with Gasteiger partial charge in [0.1, 0.15) is 29.5 Å². The molecule has 1 atom stereocenters. The fourth-order valence-corrected chi connectivity index (χ4v) is 5.16. The molecule has 5 rings (SSSR count). The van der Waals surface area contributed by atoms with E-state index in [1.807, 2.05) is 11.0 Å². The highest BCUT2D eigenvalue weighted by atomic mass is 16.5. The molecule has 3 aliphatic rings. The number of fused-ring (bicyclic) bond motifs is 1. The van der Waals surface area contributed by atoms with Crippen LogP contribution in [0.15, 0.2) is 18.3 Å². The number of hydrogen-bond acceptors (Lipinski definition) is 9. The van der Waals surface area contributed by atoms with Crippen molar-refractivity contribution in [1.29, 1.82) is 5.26 Å². The number of nitrogens with one attached hydrogen (secondary N) is 1. The van der Waals surface area contributed by atoms with Gasteiger partial charge in [-0.25, -0.2) is 14.8 Å². The summed E-state index contributed by atoms with van der Waals surface area (Å²) in [4.78, 5) is 51.9. The summed E-state index contributed by atoms with van der Waals surface area (Å²) in [6.45, 7) is 2.52. The largest absolute Gasteiger partial charge is 0.378 e. The van der Waals surface area contributed by atoms with Crippen LogP contribution in [0.2, 0.25) is 0 Å². The van der Waals surface area contributed by atoms with E-state index in [0.717, 1.165) is 12.0 Å². The third-order valence-corrected chi connectivity index (χ3v) is 7.38. The number of anilines is 3. The van der Waals surface area contributed by atoms with E-state index in [9.17, 15) is 19.6 Å². The average Bonchev–Trinajstić information content (AvgIpc) is 3.46. The first-order valence-corrected chi connectivity index (χ1v) is 13.0. The lowest BCUT2D eigenvalue weighted by Gasteiger charge is -2.40. The molecular formula is C27H31N7O5. The van der Waals surface area contributed by atoms with Crippen LogP contribution in [0.5, 0.6) is 0 Å². The fourth-order valence-electron chi connectivity index (χ4n) is 5.16. The molecule has 1 N–H and O–H groups in total. The molecule has 2 fully saturated rings. The molecule has 1 unspecified atom stereocenters. The maximum Gasteiger partial charge on any atom is 0.328 e. The smallest absolute Gasteiger partial charge is 0.328 e. The van der Waals surface area contributed by atoms with Gasteiger partial charge in [0.2, 0.25) is 0 Å². The molecule has 2 aromatic heterocycles. The molecule has 0 bridgehead atoms. The van der Waals surface area contributed by atoms with Gasteiger partial charge in [0.15, 0.2) is 6.29 Å². The summed E-state index contributed by atoms with van der Waals surface area (Å²) in [5.41, 5.74) is 2.74. The van der Waals surface area contributed by atoms with Gasteiger partial charge < -0.3 is 19.3 Å². The number of carbonyl (C=O) groups excluding carboxylic acids is 3. The van der Waals surface area contributed by atoms with E-state index in [-0.39, 0.29) is 24.2 Å². The number of aryl methyl sites for hydroxylation is 1. The second kappa shape index (κ2) is 11.3. The number of nitriles is 1. The molecule has 204 valence electrons. The number of pyridine rings is 2. The van der Waals surface area contributed by atoms with Crippen molar-refractivity contribution in [2.75, 3.05) is 55.5 Å². The Bertz CT molecular complexity index is 1310. The Kier molecular flexibility index (Phi) is 7.72. The van der Waals surface area contributed by atoms with Crippen molar-refractivity contribution in [3.63, 3.8) is 0 Å². The Morgan fingerprint density at radius 2 is 2.15 bits per heavy atom. The third kappa shape index (κ3) is 5.41. The number of aldehydes is 1. The molecule has 3 amide bonds. The predicted molar refractivity (Wildman–Crippen MR) is 142 cm³/mol. The normalized spacial score (nSPS) is 18.6. The van der Waals surface area contributed by atoms with E-state index in [0.29, 0.717) is 80.2 Å². The summed E-state index contributed by atoms with van der Waals surface area (Å²) in [5, 5.41) is 12.3. The molecule has 12 nitrogen and oxygen atoms in total. The Morgan fingerprint density at radius 3 is 2.85 bits per heavy atom. The number of ether oxygens (including phenoxy) is 2. The van der Waals surface area contributed by atoms with E-state index >= 15 is 0 Å². The van der Waals surface area contributed by atoms with Gasteiger partial charge in [-0.2, -0.15) is 5.26 Å². The average molecular weight is 534 g/mol. The Balaban J connectivity index is 1.33. The lowest BCUT2D eigenvalue weighted by Crippen LogP contribution is -2.52. The minimum absolute atomic E-state index is 0.101. The highest BCUT2D eigenvalue weighted by Gasteiger charge is 2.31. The Morgan fingerprint density at radius 1 is 1.33 bits per heavy atom. The van der Waals surface area contributed by atoms with Gasteiger partial charge in [0.25, 0.3) is 5.91 Å². The molecule has 0 spiro atoms. The van der Waals surface area contributed by atoms with E-state index in [1.54, 1.807) is 25.1 Å². The first-order valence-electron chi connectivity index (χ1n) is 13.0. The van der Waals surface area contributed by atoms with Crippen LogP contribution < -0.4 is 15.1 Å². The van der Waals surface area contributed by atoms with Crippen molar-refractivity contribution in [2.45, 2.75) is 44.4 Å². The number of methoxy groups -OCH3 is 1. The molecule has 12 heteroatoms. The molecule has 5 heterocycles. The number of nitrogens with zero attached hydrogens (tertiary/aromatic N) is 6. The van der Waals surface area contributed by atoms with Crippen LogP contribution in [0.3, 0.4) is 0 Å².